The number of rotatable bonds is 5. The van der Waals surface area contributed by atoms with Crippen molar-refractivity contribution in [1.29, 1.82) is 0 Å². The maximum absolute atomic E-state index is 11.4. The van der Waals surface area contributed by atoms with Crippen molar-refractivity contribution in [3.8, 4) is 0 Å². The standard InChI is InChI=1S/C10H22N2O2/c1-6-10(2,3)12(4)8(7-11)9(13)14-5/h8H,6-7,11H2,1-5H3. The number of ether oxygens (including phenoxy) is 1. The first-order valence-corrected chi connectivity index (χ1v) is 4.91. The van der Waals surface area contributed by atoms with Crippen LogP contribution in [0.3, 0.4) is 0 Å². The van der Waals surface area contributed by atoms with Gasteiger partial charge in [-0.05, 0) is 27.3 Å². The lowest BCUT2D eigenvalue weighted by atomic mass is 9.98. The van der Waals surface area contributed by atoms with E-state index in [4.69, 9.17) is 10.5 Å². The lowest BCUT2D eigenvalue weighted by molar-refractivity contribution is -0.148. The van der Waals surface area contributed by atoms with Gasteiger partial charge in [0.15, 0.2) is 0 Å². The van der Waals surface area contributed by atoms with Gasteiger partial charge >= 0.3 is 5.97 Å². The van der Waals surface area contributed by atoms with Crippen LogP contribution >= 0.6 is 0 Å². The topological polar surface area (TPSA) is 55.6 Å². The SMILES string of the molecule is CCC(C)(C)N(C)C(CN)C(=O)OC. The molecule has 4 nitrogen and oxygen atoms in total. The van der Waals surface area contributed by atoms with Crippen LogP contribution in [0.2, 0.25) is 0 Å². The maximum Gasteiger partial charge on any atom is 0.324 e. The summed E-state index contributed by atoms with van der Waals surface area (Å²) in [6.07, 6.45) is 0.955. The molecule has 0 saturated carbocycles. The molecular formula is C10H22N2O2. The third-order valence-corrected chi connectivity index (χ3v) is 2.98. The van der Waals surface area contributed by atoms with E-state index in [1.165, 1.54) is 7.11 Å². The molecule has 0 rings (SSSR count). The van der Waals surface area contributed by atoms with Crippen LogP contribution in [0.1, 0.15) is 27.2 Å². The molecule has 0 aliphatic rings. The normalized spacial score (nSPS) is 14.2. The van der Waals surface area contributed by atoms with Gasteiger partial charge in [0.25, 0.3) is 0 Å². The molecule has 0 aliphatic heterocycles. The van der Waals surface area contributed by atoms with Gasteiger partial charge in [0.05, 0.1) is 7.11 Å². The Balaban J connectivity index is 4.61. The number of hydrogen-bond donors (Lipinski definition) is 1. The molecular weight excluding hydrogens is 180 g/mol. The average molecular weight is 202 g/mol. The number of carbonyl (C=O) groups excluding carboxylic acids is 1. The first-order chi connectivity index (χ1) is 6.40. The number of nitrogens with two attached hydrogens (primary N) is 1. The predicted molar refractivity (Wildman–Crippen MR) is 57.0 cm³/mol. The quantitative estimate of drug-likeness (QED) is 0.664. The molecule has 14 heavy (non-hydrogen) atoms. The van der Waals surface area contributed by atoms with Gasteiger partial charge in [-0.25, -0.2) is 0 Å². The summed E-state index contributed by atoms with van der Waals surface area (Å²) in [5, 5.41) is 0. The second kappa shape index (κ2) is 5.32. The Labute approximate surface area is 86.4 Å². The van der Waals surface area contributed by atoms with Crippen molar-refractivity contribution in [2.75, 3.05) is 20.7 Å². The lowest BCUT2D eigenvalue weighted by Crippen LogP contribution is -2.53. The first kappa shape index (κ1) is 13.4. The summed E-state index contributed by atoms with van der Waals surface area (Å²) >= 11 is 0. The number of methoxy groups -OCH3 is 1. The van der Waals surface area contributed by atoms with E-state index in [-0.39, 0.29) is 24.1 Å². The zero-order valence-corrected chi connectivity index (χ0v) is 9.83. The predicted octanol–water partition coefficient (Wildman–Crippen LogP) is 0.607. The molecule has 0 radical (unpaired) electrons. The van der Waals surface area contributed by atoms with Crippen molar-refractivity contribution in [2.45, 2.75) is 38.8 Å². The monoisotopic (exact) mass is 202 g/mol. The molecule has 0 aliphatic carbocycles. The van der Waals surface area contributed by atoms with E-state index in [0.29, 0.717) is 0 Å². The number of nitrogens with zero attached hydrogens (tertiary/aromatic N) is 1. The van der Waals surface area contributed by atoms with Crippen LogP contribution in [0.4, 0.5) is 0 Å². The highest BCUT2D eigenvalue weighted by Crippen LogP contribution is 2.19. The number of hydrogen-bond acceptors (Lipinski definition) is 4. The molecule has 0 aromatic carbocycles. The number of likely N-dealkylation sites (N-methyl/N-ethyl adjacent to an activating group) is 1. The molecule has 0 aromatic heterocycles. The van der Waals surface area contributed by atoms with Crippen molar-refractivity contribution in [1.82, 2.24) is 4.90 Å². The molecule has 0 fully saturated rings. The Bertz CT molecular complexity index is 193. The highest BCUT2D eigenvalue weighted by atomic mass is 16.5. The third-order valence-electron chi connectivity index (χ3n) is 2.98. The van der Waals surface area contributed by atoms with E-state index < -0.39 is 0 Å². The Morgan fingerprint density at radius 2 is 2.07 bits per heavy atom. The van der Waals surface area contributed by atoms with Gasteiger partial charge in [0.1, 0.15) is 6.04 Å². The van der Waals surface area contributed by atoms with E-state index in [0.717, 1.165) is 6.42 Å². The summed E-state index contributed by atoms with van der Waals surface area (Å²) < 4.78 is 4.70. The van der Waals surface area contributed by atoms with Crippen molar-refractivity contribution < 1.29 is 9.53 Å². The van der Waals surface area contributed by atoms with Gasteiger partial charge in [-0.15, -0.1) is 0 Å². The molecule has 1 atom stereocenters. The highest BCUT2D eigenvalue weighted by Gasteiger charge is 2.31. The fourth-order valence-corrected chi connectivity index (χ4v) is 1.22. The minimum Gasteiger partial charge on any atom is -0.468 e. The molecule has 0 spiro atoms. The molecule has 0 bridgehead atoms. The second-order valence-electron chi connectivity index (χ2n) is 4.05. The Morgan fingerprint density at radius 1 is 1.57 bits per heavy atom. The van der Waals surface area contributed by atoms with Crippen molar-refractivity contribution in [3.63, 3.8) is 0 Å². The number of esters is 1. The van der Waals surface area contributed by atoms with Gasteiger partial charge in [0, 0.05) is 12.1 Å². The van der Waals surface area contributed by atoms with E-state index in [2.05, 4.69) is 20.8 Å². The van der Waals surface area contributed by atoms with Crippen LogP contribution in [-0.2, 0) is 9.53 Å². The van der Waals surface area contributed by atoms with E-state index in [9.17, 15) is 4.79 Å². The van der Waals surface area contributed by atoms with Crippen LogP contribution in [0.25, 0.3) is 0 Å². The average Bonchev–Trinajstić information content (AvgIpc) is 2.18. The largest absolute Gasteiger partial charge is 0.468 e. The van der Waals surface area contributed by atoms with Gasteiger partial charge in [-0.1, -0.05) is 6.92 Å². The summed E-state index contributed by atoms with van der Waals surface area (Å²) in [6.45, 7) is 6.53. The summed E-state index contributed by atoms with van der Waals surface area (Å²) in [7, 11) is 3.29. The van der Waals surface area contributed by atoms with E-state index in [1.54, 1.807) is 0 Å². The van der Waals surface area contributed by atoms with Gasteiger partial charge < -0.3 is 10.5 Å². The second-order valence-corrected chi connectivity index (χ2v) is 4.05. The Kier molecular flexibility index (Phi) is 5.08. The molecule has 0 amide bonds. The first-order valence-electron chi connectivity index (χ1n) is 4.91. The van der Waals surface area contributed by atoms with Gasteiger partial charge in [0.2, 0.25) is 0 Å². The fourth-order valence-electron chi connectivity index (χ4n) is 1.22. The van der Waals surface area contributed by atoms with Crippen molar-refractivity contribution in [3.05, 3.63) is 0 Å². The lowest BCUT2D eigenvalue weighted by Gasteiger charge is -2.38. The van der Waals surface area contributed by atoms with Gasteiger partial charge in [-0.2, -0.15) is 0 Å². The van der Waals surface area contributed by atoms with Crippen LogP contribution in [0.15, 0.2) is 0 Å². The highest BCUT2D eigenvalue weighted by molar-refractivity contribution is 5.76. The van der Waals surface area contributed by atoms with Crippen LogP contribution in [0, 0.1) is 0 Å². The Hall–Kier alpha value is -0.610. The van der Waals surface area contributed by atoms with Crippen LogP contribution in [0.5, 0.6) is 0 Å². The molecule has 0 aromatic rings. The van der Waals surface area contributed by atoms with E-state index in [1.807, 2.05) is 11.9 Å². The smallest absolute Gasteiger partial charge is 0.324 e. The number of carbonyl (C=O) groups is 1. The van der Waals surface area contributed by atoms with Crippen molar-refractivity contribution in [2.24, 2.45) is 5.73 Å². The molecule has 4 heteroatoms. The van der Waals surface area contributed by atoms with Gasteiger partial charge in [-0.3, -0.25) is 9.69 Å². The summed E-state index contributed by atoms with van der Waals surface area (Å²) in [6, 6.07) is -0.352. The summed E-state index contributed by atoms with van der Waals surface area (Å²) in [5.74, 6) is -0.267. The maximum atomic E-state index is 11.4. The van der Waals surface area contributed by atoms with E-state index >= 15 is 0 Å². The third kappa shape index (κ3) is 2.96. The molecule has 84 valence electrons. The summed E-state index contributed by atoms with van der Waals surface area (Å²) in [4.78, 5) is 13.4. The molecule has 1 unspecified atom stereocenters. The molecule has 0 heterocycles. The Morgan fingerprint density at radius 3 is 2.36 bits per heavy atom. The van der Waals surface area contributed by atoms with Crippen LogP contribution in [-0.4, -0.2) is 43.2 Å². The summed E-state index contributed by atoms with van der Waals surface area (Å²) in [5.41, 5.74) is 5.52. The zero-order chi connectivity index (χ0) is 11.4. The zero-order valence-electron chi connectivity index (χ0n) is 9.83. The van der Waals surface area contributed by atoms with Crippen LogP contribution < -0.4 is 5.73 Å². The minimum atomic E-state index is -0.352. The van der Waals surface area contributed by atoms with Crippen molar-refractivity contribution >= 4 is 5.97 Å². The minimum absolute atomic E-state index is 0.0434. The molecule has 0 saturated heterocycles. The fraction of sp³-hybridized carbons (Fsp3) is 0.900. The molecule has 2 N–H and O–H groups in total.